The van der Waals surface area contributed by atoms with Gasteiger partial charge in [-0.15, -0.1) is 0 Å². The Kier molecular flexibility index (Phi) is 5.59. The van der Waals surface area contributed by atoms with Crippen molar-refractivity contribution in [3.05, 3.63) is 35.6 Å². The van der Waals surface area contributed by atoms with Crippen LogP contribution in [-0.4, -0.2) is 25.3 Å². The first-order valence-electron chi connectivity index (χ1n) is 6.06. The summed E-state index contributed by atoms with van der Waals surface area (Å²) in [6.45, 7) is 8.59. The Balaban J connectivity index is 2.07. The van der Waals surface area contributed by atoms with E-state index in [9.17, 15) is 4.39 Å². The summed E-state index contributed by atoms with van der Waals surface area (Å²) >= 11 is 0. The second-order valence-corrected chi connectivity index (χ2v) is 5.09. The summed E-state index contributed by atoms with van der Waals surface area (Å²) in [6, 6.07) is 6.64. The van der Waals surface area contributed by atoms with Crippen molar-refractivity contribution in [3.63, 3.8) is 0 Å². The van der Waals surface area contributed by atoms with E-state index in [0.717, 1.165) is 25.1 Å². The first-order chi connectivity index (χ1) is 7.97. The summed E-state index contributed by atoms with van der Waals surface area (Å²) < 4.78 is 18.2. The molecule has 0 fully saturated rings. The molecule has 0 atom stereocenters. The van der Waals surface area contributed by atoms with E-state index < -0.39 is 0 Å². The highest BCUT2D eigenvalue weighted by atomic mass is 19.1. The molecule has 0 aliphatic heterocycles. The molecular weight excluding hydrogens is 217 g/mol. The Labute approximate surface area is 103 Å². The van der Waals surface area contributed by atoms with Crippen molar-refractivity contribution in [1.29, 1.82) is 0 Å². The zero-order valence-electron chi connectivity index (χ0n) is 10.9. The Morgan fingerprint density at radius 3 is 2.35 bits per heavy atom. The fourth-order valence-electron chi connectivity index (χ4n) is 1.44. The van der Waals surface area contributed by atoms with E-state index in [1.165, 1.54) is 12.1 Å². The van der Waals surface area contributed by atoms with E-state index in [4.69, 9.17) is 4.74 Å². The molecule has 17 heavy (non-hydrogen) atoms. The molecule has 0 unspecified atom stereocenters. The largest absolute Gasteiger partial charge is 0.375 e. The summed E-state index contributed by atoms with van der Waals surface area (Å²) in [4.78, 5) is 0. The third kappa shape index (κ3) is 7.08. The van der Waals surface area contributed by atoms with E-state index in [-0.39, 0.29) is 11.4 Å². The van der Waals surface area contributed by atoms with Crippen LogP contribution in [0.2, 0.25) is 0 Å². The molecule has 0 aromatic heterocycles. The van der Waals surface area contributed by atoms with Gasteiger partial charge in [0.15, 0.2) is 0 Å². The van der Waals surface area contributed by atoms with Crippen LogP contribution in [0.5, 0.6) is 0 Å². The lowest BCUT2D eigenvalue weighted by molar-refractivity contribution is -0.000710. The van der Waals surface area contributed by atoms with Gasteiger partial charge in [-0.2, -0.15) is 0 Å². The van der Waals surface area contributed by atoms with Gasteiger partial charge in [-0.3, -0.25) is 0 Å². The van der Waals surface area contributed by atoms with Crippen molar-refractivity contribution in [2.75, 3.05) is 19.7 Å². The van der Waals surface area contributed by atoms with Crippen LogP contribution < -0.4 is 5.32 Å². The van der Waals surface area contributed by atoms with Crippen molar-refractivity contribution in [1.82, 2.24) is 5.32 Å². The van der Waals surface area contributed by atoms with Gasteiger partial charge in [-0.05, 0) is 51.4 Å². The van der Waals surface area contributed by atoms with Gasteiger partial charge in [0, 0.05) is 6.54 Å². The number of rotatable bonds is 6. The lowest BCUT2D eigenvalue weighted by Crippen LogP contribution is -2.27. The molecule has 0 amide bonds. The topological polar surface area (TPSA) is 21.3 Å². The molecule has 0 saturated heterocycles. The highest BCUT2D eigenvalue weighted by molar-refractivity contribution is 5.16. The minimum Gasteiger partial charge on any atom is -0.375 e. The Morgan fingerprint density at radius 1 is 1.12 bits per heavy atom. The van der Waals surface area contributed by atoms with Crippen molar-refractivity contribution in [2.45, 2.75) is 32.8 Å². The summed E-state index contributed by atoms with van der Waals surface area (Å²) in [7, 11) is 0. The highest BCUT2D eigenvalue weighted by Crippen LogP contribution is 2.05. The van der Waals surface area contributed by atoms with Crippen molar-refractivity contribution in [3.8, 4) is 0 Å². The predicted octanol–water partition coefficient (Wildman–Crippen LogP) is 2.77. The van der Waals surface area contributed by atoms with Crippen molar-refractivity contribution < 1.29 is 9.13 Å². The highest BCUT2D eigenvalue weighted by Gasteiger charge is 2.08. The molecule has 0 aliphatic rings. The molecule has 1 aromatic rings. The molecule has 0 spiro atoms. The van der Waals surface area contributed by atoms with Gasteiger partial charge in [0.25, 0.3) is 0 Å². The van der Waals surface area contributed by atoms with Gasteiger partial charge in [-0.1, -0.05) is 12.1 Å². The van der Waals surface area contributed by atoms with E-state index in [2.05, 4.69) is 5.32 Å². The molecule has 3 heteroatoms. The molecule has 1 aromatic carbocycles. The SMILES string of the molecule is CC(C)(C)OCCNCCc1ccc(F)cc1. The van der Waals surface area contributed by atoms with Crippen LogP contribution in [0, 0.1) is 5.82 Å². The van der Waals surface area contributed by atoms with Crippen LogP contribution in [0.25, 0.3) is 0 Å². The molecule has 0 radical (unpaired) electrons. The van der Waals surface area contributed by atoms with Crippen molar-refractivity contribution in [2.24, 2.45) is 0 Å². The third-order valence-corrected chi connectivity index (χ3v) is 2.32. The standard InChI is InChI=1S/C14H22FNO/c1-14(2,3)17-11-10-16-9-8-12-4-6-13(15)7-5-12/h4-7,16H,8-11H2,1-3H3. The number of hydrogen-bond acceptors (Lipinski definition) is 2. The number of halogens is 1. The van der Waals surface area contributed by atoms with Gasteiger partial charge >= 0.3 is 0 Å². The first kappa shape index (κ1) is 14.1. The lowest BCUT2D eigenvalue weighted by atomic mass is 10.1. The molecular formula is C14H22FNO. The Morgan fingerprint density at radius 2 is 1.76 bits per heavy atom. The first-order valence-corrected chi connectivity index (χ1v) is 6.06. The van der Waals surface area contributed by atoms with E-state index in [0.29, 0.717) is 6.61 Å². The number of hydrogen-bond donors (Lipinski definition) is 1. The van der Waals surface area contributed by atoms with Gasteiger partial charge in [-0.25, -0.2) is 4.39 Å². The second kappa shape index (κ2) is 6.72. The summed E-state index contributed by atoms with van der Waals surface area (Å²) in [6.07, 6.45) is 0.912. The van der Waals surface area contributed by atoms with Gasteiger partial charge in [0.05, 0.1) is 12.2 Å². The smallest absolute Gasteiger partial charge is 0.123 e. The maximum Gasteiger partial charge on any atom is 0.123 e. The van der Waals surface area contributed by atoms with Gasteiger partial charge < -0.3 is 10.1 Å². The van der Waals surface area contributed by atoms with Crippen molar-refractivity contribution >= 4 is 0 Å². The molecule has 0 saturated carbocycles. The van der Waals surface area contributed by atoms with E-state index in [1.807, 2.05) is 32.9 Å². The molecule has 1 N–H and O–H groups in total. The van der Waals surface area contributed by atoms with E-state index >= 15 is 0 Å². The molecule has 0 aliphatic carbocycles. The quantitative estimate of drug-likeness (QED) is 0.771. The fourth-order valence-corrected chi connectivity index (χ4v) is 1.44. The van der Waals surface area contributed by atoms with Gasteiger partial charge in [0.2, 0.25) is 0 Å². The van der Waals surface area contributed by atoms with Crippen LogP contribution in [0.1, 0.15) is 26.3 Å². The zero-order valence-corrected chi connectivity index (χ0v) is 10.9. The monoisotopic (exact) mass is 239 g/mol. The Bertz CT molecular complexity index is 316. The predicted molar refractivity (Wildman–Crippen MR) is 68.7 cm³/mol. The number of benzene rings is 1. The van der Waals surface area contributed by atoms with Gasteiger partial charge in [0.1, 0.15) is 5.82 Å². The normalized spacial score (nSPS) is 11.8. The van der Waals surface area contributed by atoms with Crippen LogP contribution >= 0.6 is 0 Å². The van der Waals surface area contributed by atoms with Crippen LogP contribution in [-0.2, 0) is 11.2 Å². The summed E-state index contributed by atoms with van der Waals surface area (Å²) in [5, 5.41) is 3.30. The minimum absolute atomic E-state index is 0.0708. The molecule has 1 rings (SSSR count). The molecule has 0 heterocycles. The lowest BCUT2D eigenvalue weighted by Gasteiger charge is -2.19. The summed E-state index contributed by atoms with van der Waals surface area (Å²) in [5.41, 5.74) is 1.08. The number of nitrogens with one attached hydrogen (secondary N) is 1. The molecule has 0 bridgehead atoms. The maximum absolute atomic E-state index is 12.7. The van der Waals surface area contributed by atoms with Crippen LogP contribution in [0.15, 0.2) is 24.3 Å². The maximum atomic E-state index is 12.7. The minimum atomic E-state index is -0.180. The number of ether oxygens (including phenoxy) is 1. The Hall–Kier alpha value is -0.930. The average Bonchev–Trinajstić information content (AvgIpc) is 2.24. The summed E-state index contributed by atoms with van der Waals surface area (Å²) in [5.74, 6) is -0.180. The molecule has 96 valence electrons. The van der Waals surface area contributed by atoms with Crippen LogP contribution in [0.3, 0.4) is 0 Å². The average molecular weight is 239 g/mol. The molecule has 2 nitrogen and oxygen atoms in total. The van der Waals surface area contributed by atoms with E-state index in [1.54, 1.807) is 0 Å². The zero-order chi connectivity index (χ0) is 12.7. The fraction of sp³-hybridized carbons (Fsp3) is 0.571. The second-order valence-electron chi connectivity index (χ2n) is 5.09. The third-order valence-electron chi connectivity index (χ3n) is 2.32. The van der Waals surface area contributed by atoms with Crippen LogP contribution in [0.4, 0.5) is 4.39 Å².